The summed E-state index contributed by atoms with van der Waals surface area (Å²) in [4.78, 5) is 12.9. The number of aromatic nitrogens is 2. The lowest BCUT2D eigenvalue weighted by molar-refractivity contribution is 0.0609. The summed E-state index contributed by atoms with van der Waals surface area (Å²) in [5, 5.41) is 3.29. The Morgan fingerprint density at radius 2 is 2.27 bits per heavy atom. The molecule has 1 fully saturated rings. The van der Waals surface area contributed by atoms with Crippen LogP contribution in [0.25, 0.3) is 10.2 Å². The molecule has 1 aliphatic heterocycles. The summed E-state index contributed by atoms with van der Waals surface area (Å²) in [7, 11) is 0. The number of hydrogen-bond acceptors (Lipinski definition) is 5. The maximum Gasteiger partial charge on any atom is 0.141 e. The maximum atomic E-state index is 6.03. The minimum Gasteiger partial charge on any atom is -0.376 e. The van der Waals surface area contributed by atoms with Gasteiger partial charge in [0.25, 0.3) is 0 Å². The van der Waals surface area contributed by atoms with Crippen molar-refractivity contribution < 1.29 is 4.74 Å². The SMILES string of the molecule is CCc1nc(N2CCC(OCCC(C)C)C2)c2ccsc2n1. The molecule has 1 atom stereocenters. The number of rotatable bonds is 6. The molecule has 0 amide bonds. The third-order valence-corrected chi connectivity index (χ3v) is 4.97. The van der Waals surface area contributed by atoms with E-state index in [4.69, 9.17) is 9.72 Å². The molecule has 0 aromatic carbocycles. The summed E-state index contributed by atoms with van der Waals surface area (Å²) in [6.45, 7) is 9.44. The van der Waals surface area contributed by atoms with Gasteiger partial charge in [-0.1, -0.05) is 20.8 Å². The van der Waals surface area contributed by atoms with E-state index in [9.17, 15) is 0 Å². The van der Waals surface area contributed by atoms with Crippen LogP contribution in [-0.2, 0) is 11.2 Å². The van der Waals surface area contributed by atoms with Gasteiger partial charge < -0.3 is 9.64 Å². The van der Waals surface area contributed by atoms with Crippen LogP contribution in [0.5, 0.6) is 0 Å². The second-order valence-corrected chi connectivity index (χ2v) is 7.26. The summed E-state index contributed by atoms with van der Waals surface area (Å²) >= 11 is 1.70. The van der Waals surface area contributed by atoms with Crippen LogP contribution in [0.3, 0.4) is 0 Å². The standard InChI is InChI=1S/C17H25N3OS/c1-4-15-18-16(14-7-10-22-17(14)19-15)20-8-5-13(11-20)21-9-6-12(2)3/h7,10,12-13H,4-6,8-9,11H2,1-3H3. The first kappa shape index (κ1) is 15.7. The van der Waals surface area contributed by atoms with Crippen molar-refractivity contribution in [3.05, 3.63) is 17.3 Å². The smallest absolute Gasteiger partial charge is 0.141 e. The molecule has 2 aromatic rings. The van der Waals surface area contributed by atoms with Gasteiger partial charge in [-0.3, -0.25) is 0 Å². The molecule has 0 N–H and O–H groups in total. The molecular formula is C17H25N3OS. The van der Waals surface area contributed by atoms with E-state index >= 15 is 0 Å². The van der Waals surface area contributed by atoms with Crippen molar-refractivity contribution in [1.82, 2.24) is 9.97 Å². The zero-order chi connectivity index (χ0) is 15.5. The van der Waals surface area contributed by atoms with Crippen molar-refractivity contribution in [3.8, 4) is 0 Å². The lowest BCUT2D eigenvalue weighted by Gasteiger charge is -2.19. The van der Waals surface area contributed by atoms with Crippen LogP contribution in [0.15, 0.2) is 11.4 Å². The van der Waals surface area contributed by atoms with E-state index in [1.807, 2.05) is 0 Å². The van der Waals surface area contributed by atoms with Gasteiger partial charge in [-0.25, -0.2) is 9.97 Å². The number of thiophene rings is 1. The third kappa shape index (κ3) is 3.41. The highest BCUT2D eigenvalue weighted by Crippen LogP contribution is 2.30. The predicted molar refractivity (Wildman–Crippen MR) is 92.8 cm³/mol. The van der Waals surface area contributed by atoms with E-state index in [0.717, 1.165) is 55.4 Å². The predicted octanol–water partition coefficient (Wildman–Crippen LogP) is 3.90. The van der Waals surface area contributed by atoms with E-state index in [-0.39, 0.29) is 0 Å². The van der Waals surface area contributed by atoms with Crippen LogP contribution < -0.4 is 4.90 Å². The maximum absolute atomic E-state index is 6.03. The van der Waals surface area contributed by atoms with E-state index in [1.165, 1.54) is 5.39 Å². The van der Waals surface area contributed by atoms with Crippen molar-refractivity contribution in [2.75, 3.05) is 24.6 Å². The minimum atomic E-state index is 0.340. The molecule has 1 saturated heterocycles. The number of hydrogen-bond donors (Lipinski definition) is 0. The summed E-state index contributed by atoms with van der Waals surface area (Å²) < 4.78 is 6.03. The quantitative estimate of drug-likeness (QED) is 0.809. The van der Waals surface area contributed by atoms with E-state index in [0.29, 0.717) is 12.0 Å². The minimum absolute atomic E-state index is 0.340. The van der Waals surface area contributed by atoms with Gasteiger partial charge in [-0.2, -0.15) is 0 Å². The Hall–Kier alpha value is -1.20. The first-order chi connectivity index (χ1) is 10.7. The molecule has 5 heteroatoms. The Morgan fingerprint density at radius 3 is 3.05 bits per heavy atom. The summed E-state index contributed by atoms with van der Waals surface area (Å²) in [6, 6.07) is 2.14. The molecule has 3 heterocycles. The number of ether oxygens (including phenoxy) is 1. The lowest BCUT2D eigenvalue weighted by Crippen LogP contribution is -2.24. The molecular weight excluding hydrogens is 294 g/mol. The average Bonchev–Trinajstić information content (AvgIpc) is 3.14. The van der Waals surface area contributed by atoms with Crippen LogP contribution in [0.4, 0.5) is 5.82 Å². The highest BCUT2D eigenvalue weighted by Gasteiger charge is 2.26. The van der Waals surface area contributed by atoms with Crippen molar-refractivity contribution in [3.63, 3.8) is 0 Å². The fraction of sp³-hybridized carbons (Fsp3) is 0.647. The molecule has 1 unspecified atom stereocenters. The molecule has 0 saturated carbocycles. The van der Waals surface area contributed by atoms with Gasteiger partial charge in [0.15, 0.2) is 0 Å². The van der Waals surface area contributed by atoms with Crippen LogP contribution in [0.2, 0.25) is 0 Å². The van der Waals surface area contributed by atoms with Crippen molar-refractivity contribution in [1.29, 1.82) is 0 Å². The van der Waals surface area contributed by atoms with Gasteiger partial charge in [0, 0.05) is 26.1 Å². The fourth-order valence-electron chi connectivity index (χ4n) is 2.81. The Bertz CT molecular complexity index is 625. The molecule has 0 spiro atoms. The highest BCUT2D eigenvalue weighted by atomic mass is 32.1. The highest BCUT2D eigenvalue weighted by molar-refractivity contribution is 7.16. The number of nitrogens with zero attached hydrogens (tertiary/aromatic N) is 3. The van der Waals surface area contributed by atoms with Crippen LogP contribution in [-0.4, -0.2) is 35.8 Å². The Balaban J connectivity index is 1.71. The summed E-state index contributed by atoms with van der Waals surface area (Å²) in [5.74, 6) is 2.74. The molecule has 3 rings (SSSR count). The molecule has 120 valence electrons. The van der Waals surface area contributed by atoms with E-state index in [2.05, 4.69) is 42.1 Å². The lowest BCUT2D eigenvalue weighted by atomic mass is 10.1. The molecule has 22 heavy (non-hydrogen) atoms. The van der Waals surface area contributed by atoms with Gasteiger partial charge >= 0.3 is 0 Å². The third-order valence-electron chi connectivity index (χ3n) is 4.16. The molecule has 0 aliphatic carbocycles. The second kappa shape index (κ2) is 6.92. The van der Waals surface area contributed by atoms with Crippen molar-refractivity contribution in [2.24, 2.45) is 5.92 Å². The summed E-state index contributed by atoms with van der Waals surface area (Å²) in [5.41, 5.74) is 0. The van der Waals surface area contributed by atoms with Gasteiger partial charge in [-0.15, -0.1) is 11.3 Å². The first-order valence-corrected chi connectivity index (χ1v) is 9.16. The Kier molecular flexibility index (Phi) is 4.93. The fourth-order valence-corrected chi connectivity index (χ4v) is 3.59. The molecule has 1 aliphatic rings. The van der Waals surface area contributed by atoms with Crippen LogP contribution >= 0.6 is 11.3 Å². The van der Waals surface area contributed by atoms with Crippen LogP contribution in [0.1, 0.15) is 39.4 Å². The molecule has 0 radical (unpaired) electrons. The van der Waals surface area contributed by atoms with Gasteiger partial charge in [0.05, 0.1) is 11.5 Å². The van der Waals surface area contributed by atoms with Gasteiger partial charge in [-0.05, 0) is 30.2 Å². The van der Waals surface area contributed by atoms with E-state index < -0.39 is 0 Å². The van der Waals surface area contributed by atoms with Gasteiger partial charge in [0.1, 0.15) is 16.5 Å². The first-order valence-electron chi connectivity index (χ1n) is 8.28. The normalized spacial score (nSPS) is 18.7. The molecule has 2 aromatic heterocycles. The zero-order valence-corrected chi connectivity index (χ0v) is 14.5. The molecule has 0 bridgehead atoms. The number of anilines is 1. The topological polar surface area (TPSA) is 38.2 Å². The van der Waals surface area contributed by atoms with Crippen LogP contribution in [0, 0.1) is 5.92 Å². The second-order valence-electron chi connectivity index (χ2n) is 6.37. The summed E-state index contributed by atoms with van der Waals surface area (Å²) in [6.07, 6.45) is 3.45. The number of fused-ring (bicyclic) bond motifs is 1. The largest absolute Gasteiger partial charge is 0.376 e. The average molecular weight is 319 g/mol. The number of aryl methyl sites for hydroxylation is 1. The Labute approximate surface area is 136 Å². The van der Waals surface area contributed by atoms with E-state index in [1.54, 1.807) is 11.3 Å². The van der Waals surface area contributed by atoms with Gasteiger partial charge in [0.2, 0.25) is 0 Å². The van der Waals surface area contributed by atoms with Crippen molar-refractivity contribution >= 4 is 27.4 Å². The zero-order valence-electron chi connectivity index (χ0n) is 13.7. The monoisotopic (exact) mass is 319 g/mol. The Morgan fingerprint density at radius 1 is 1.41 bits per heavy atom. The molecule has 4 nitrogen and oxygen atoms in total. The van der Waals surface area contributed by atoms with Crippen molar-refractivity contribution in [2.45, 2.75) is 46.1 Å².